The van der Waals surface area contributed by atoms with Crippen LogP contribution in [0, 0.1) is 34.2 Å². The van der Waals surface area contributed by atoms with Crippen LogP contribution in [0.25, 0.3) is 0 Å². The van der Waals surface area contributed by atoms with E-state index in [0.717, 1.165) is 12.5 Å². The highest BCUT2D eigenvalue weighted by Crippen LogP contribution is 2.33. The number of nitriles is 1. The molecule has 0 unspecified atom stereocenters. The Bertz CT molecular complexity index is 751. The minimum absolute atomic E-state index is 0.149. The zero-order chi connectivity index (χ0) is 15.8. The highest BCUT2D eigenvalue weighted by molar-refractivity contribution is 7.89. The molecule has 0 radical (unpaired) electrons. The van der Waals surface area contributed by atoms with Crippen LogP contribution in [0.15, 0.2) is 17.0 Å². The molecule has 0 atom stereocenters. The van der Waals surface area contributed by atoms with Gasteiger partial charge in [0.05, 0.1) is 15.9 Å². The zero-order valence-corrected chi connectivity index (χ0v) is 11.9. The molecule has 112 valence electrons. The summed E-state index contributed by atoms with van der Waals surface area (Å²) in [5.74, 6) is -1.07. The van der Waals surface area contributed by atoms with Crippen molar-refractivity contribution in [3.63, 3.8) is 0 Å². The molecule has 0 bridgehead atoms. The van der Waals surface area contributed by atoms with Gasteiger partial charge in [0.15, 0.2) is 0 Å². The molecule has 21 heavy (non-hydrogen) atoms. The lowest BCUT2D eigenvalue weighted by Crippen LogP contribution is -2.52. The van der Waals surface area contributed by atoms with Crippen LogP contribution >= 0.6 is 0 Å². The molecule has 2 rings (SSSR count). The number of sulfonamides is 1. The number of aryl methyl sites for hydroxylation is 1. The second kappa shape index (κ2) is 5.05. The van der Waals surface area contributed by atoms with E-state index in [1.54, 1.807) is 0 Å². The lowest BCUT2D eigenvalue weighted by Gasteiger charge is -2.35. The summed E-state index contributed by atoms with van der Waals surface area (Å²) in [7, 11) is -4.13. The molecular weight excluding hydrogens is 301 g/mol. The number of rotatable bonds is 4. The van der Waals surface area contributed by atoms with E-state index in [1.807, 2.05) is 6.07 Å². The Kier molecular flexibility index (Phi) is 3.69. The first-order valence-electron chi connectivity index (χ1n) is 6.10. The van der Waals surface area contributed by atoms with E-state index in [1.165, 1.54) is 6.92 Å². The smallest absolute Gasteiger partial charge is 0.258 e. The normalized spacial score (nSPS) is 16.8. The number of hydrogen-bond acceptors (Lipinski definition) is 5. The second-order valence-corrected chi connectivity index (χ2v) is 6.67. The summed E-state index contributed by atoms with van der Waals surface area (Å²) in [6, 6.07) is 3.58. The zero-order valence-electron chi connectivity index (χ0n) is 11.1. The maximum Gasteiger partial charge on any atom is 0.306 e. The van der Waals surface area contributed by atoms with Crippen molar-refractivity contribution in [3.8, 4) is 6.07 Å². The Morgan fingerprint density at radius 2 is 2.10 bits per heavy atom. The van der Waals surface area contributed by atoms with Gasteiger partial charge in [0, 0.05) is 6.07 Å². The lowest BCUT2D eigenvalue weighted by molar-refractivity contribution is -0.387. The molecule has 0 saturated heterocycles. The van der Waals surface area contributed by atoms with Gasteiger partial charge in [0.2, 0.25) is 15.8 Å². The Morgan fingerprint density at radius 1 is 1.48 bits per heavy atom. The third-order valence-corrected chi connectivity index (χ3v) is 4.98. The van der Waals surface area contributed by atoms with Gasteiger partial charge in [-0.15, -0.1) is 0 Å². The van der Waals surface area contributed by atoms with Crippen molar-refractivity contribution in [1.29, 1.82) is 5.26 Å². The van der Waals surface area contributed by atoms with Crippen molar-refractivity contribution in [3.05, 3.63) is 33.6 Å². The molecule has 9 heteroatoms. The number of nitro benzene ring substituents is 1. The first-order chi connectivity index (χ1) is 9.71. The molecule has 1 aliphatic carbocycles. The second-order valence-electron chi connectivity index (χ2n) is 4.98. The predicted molar refractivity (Wildman–Crippen MR) is 70.3 cm³/mol. The van der Waals surface area contributed by atoms with Gasteiger partial charge in [0.25, 0.3) is 0 Å². The van der Waals surface area contributed by atoms with E-state index < -0.39 is 36.9 Å². The Balaban J connectivity index is 2.46. The number of halogens is 1. The quantitative estimate of drug-likeness (QED) is 0.672. The predicted octanol–water partition coefficient (Wildman–Crippen LogP) is 1.77. The van der Waals surface area contributed by atoms with Crippen molar-refractivity contribution in [2.24, 2.45) is 0 Å². The number of hydrogen-bond donors (Lipinski definition) is 1. The molecule has 1 aromatic carbocycles. The van der Waals surface area contributed by atoms with Crippen molar-refractivity contribution in [2.75, 3.05) is 0 Å². The highest BCUT2D eigenvalue weighted by atomic mass is 32.2. The average Bonchev–Trinajstić information content (AvgIpc) is 2.36. The van der Waals surface area contributed by atoms with E-state index in [0.29, 0.717) is 18.9 Å². The van der Waals surface area contributed by atoms with Gasteiger partial charge in [-0.25, -0.2) is 8.42 Å². The molecule has 0 spiro atoms. The van der Waals surface area contributed by atoms with Crippen LogP contribution in [0.3, 0.4) is 0 Å². The highest BCUT2D eigenvalue weighted by Gasteiger charge is 2.41. The van der Waals surface area contributed by atoms with Gasteiger partial charge < -0.3 is 0 Å². The molecule has 0 aromatic heterocycles. The maximum absolute atomic E-state index is 13.6. The fourth-order valence-electron chi connectivity index (χ4n) is 2.09. The summed E-state index contributed by atoms with van der Waals surface area (Å²) in [4.78, 5) is 9.36. The molecular formula is C12H12FN3O4S. The van der Waals surface area contributed by atoms with Crippen LogP contribution in [0.4, 0.5) is 10.1 Å². The number of nitrogens with one attached hydrogen (secondary N) is 1. The Hall–Kier alpha value is -2.05. The van der Waals surface area contributed by atoms with Gasteiger partial charge in [0.1, 0.15) is 5.54 Å². The topological polar surface area (TPSA) is 113 Å². The van der Waals surface area contributed by atoms with E-state index in [9.17, 15) is 22.9 Å². The van der Waals surface area contributed by atoms with Crippen LogP contribution in [0.2, 0.25) is 0 Å². The average molecular weight is 313 g/mol. The molecule has 0 heterocycles. The standard InChI is InChI=1S/C12H12FN3O4S/c1-8-5-9(6-10(11(8)13)16(17)18)21(19,20)15-12(7-14)3-2-4-12/h5-6,15H,2-4H2,1H3. The van der Waals surface area contributed by atoms with Gasteiger partial charge in [-0.1, -0.05) is 0 Å². The van der Waals surface area contributed by atoms with E-state index in [-0.39, 0.29) is 5.56 Å². The van der Waals surface area contributed by atoms with Crippen molar-refractivity contribution >= 4 is 15.7 Å². The molecule has 1 N–H and O–H groups in total. The fraction of sp³-hybridized carbons (Fsp3) is 0.417. The van der Waals surface area contributed by atoms with Crippen LogP contribution in [0.5, 0.6) is 0 Å². The first kappa shape index (κ1) is 15.3. The molecule has 1 aromatic rings. The minimum atomic E-state index is -4.13. The van der Waals surface area contributed by atoms with Gasteiger partial charge in [-0.3, -0.25) is 10.1 Å². The molecule has 7 nitrogen and oxygen atoms in total. The maximum atomic E-state index is 13.6. The molecule has 0 aliphatic heterocycles. The van der Waals surface area contributed by atoms with Gasteiger partial charge in [-0.05, 0) is 37.8 Å². The number of nitro groups is 1. The Labute approximate surface area is 120 Å². The molecule has 1 fully saturated rings. The van der Waals surface area contributed by atoms with Crippen molar-refractivity contribution < 1.29 is 17.7 Å². The van der Waals surface area contributed by atoms with E-state index in [4.69, 9.17) is 5.26 Å². The summed E-state index contributed by atoms with van der Waals surface area (Å²) in [6.07, 6.45) is 1.48. The SMILES string of the molecule is Cc1cc(S(=O)(=O)NC2(C#N)CCC2)cc([N+](=O)[O-])c1F. The van der Waals surface area contributed by atoms with Crippen LogP contribution in [0.1, 0.15) is 24.8 Å². The number of benzene rings is 1. The van der Waals surface area contributed by atoms with Crippen LogP contribution in [-0.2, 0) is 10.0 Å². The number of nitrogens with zero attached hydrogens (tertiary/aromatic N) is 2. The minimum Gasteiger partial charge on any atom is -0.258 e. The van der Waals surface area contributed by atoms with E-state index >= 15 is 0 Å². The molecule has 0 amide bonds. The largest absolute Gasteiger partial charge is 0.306 e. The third kappa shape index (κ3) is 2.72. The van der Waals surface area contributed by atoms with Gasteiger partial charge >= 0.3 is 5.69 Å². The Morgan fingerprint density at radius 3 is 2.52 bits per heavy atom. The van der Waals surface area contributed by atoms with Gasteiger partial charge in [-0.2, -0.15) is 14.4 Å². The summed E-state index contributed by atoms with van der Waals surface area (Å²) < 4.78 is 40.3. The van der Waals surface area contributed by atoms with Crippen molar-refractivity contribution in [2.45, 2.75) is 36.6 Å². The summed E-state index contributed by atoms with van der Waals surface area (Å²) in [5, 5.41) is 19.8. The molecule has 1 aliphatic rings. The fourth-order valence-corrected chi connectivity index (χ4v) is 3.57. The van der Waals surface area contributed by atoms with Crippen molar-refractivity contribution in [1.82, 2.24) is 4.72 Å². The van der Waals surface area contributed by atoms with Crippen LogP contribution in [-0.4, -0.2) is 18.9 Å². The third-order valence-electron chi connectivity index (χ3n) is 3.47. The summed E-state index contributed by atoms with van der Waals surface area (Å²) >= 11 is 0. The van der Waals surface area contributed by atoms with Crippen LogP contribution < -0.4 is 4.72 Å². The molecule has 1 saturated carbocycles. The lowest BCUT2D eigenvalue weighted by atomic mass is 9.79. The first-order valence-corrected chi connectivity index (χ1v) is 7.59. The summed E-state index contributed by atoms with van der Waals surface area (Å²) in [5.41, 5.74) is -2.23. The van der Waals surface area contributed by atoms with E-state index in [2.05, 4.69) is 4.72 Å². The summed E-state index contributed by atoms with van der Waals surface area (Å²) in [6.45, 7) is 1.24. The monoisotopic (exact) mass is 313 g/mol.